The third-order valence-corrected chi connectivity index (χ3v) is 4.59. The maximum Gasteiger partial charge on any atom is 0.227 e. The van der Waals surface area contributed by atoms with Crippen molar-refractivity contribution in [3.05, 3.63) is 114 Å². The third kappa shape index (κ3) is 3.67. The lowest BCUT2D eigenvalue weighted by molar-refractivity contribution is -0.683. The van der Waals surface area contributed by atoms with Crippen molar-refractivity contribution >= 4 is 22.3 Å². The molecule has 0 bridgehead atoms. The van der Waals surface area contributed by atoms with E-state index in [1.54, 1.807) is 41.2 Å². The van der Waals surface area contributed by atoms with Gasteiger partial charge in [-0.15, -0.1) is 0 Å². The molecule has 3 aromatic carbocycles. The van der Waals surface area contributed by atoms with Crippen LogP contribution in [0.25, 0.3) is 10.8 Å². The largest absolute Gasteiger partial charge is 0.289 e. The molecule has 3 nitrogen and oxygen atoms in total. The fourth-order valence-electron chi connectivity index (χ4n) is 3.09. The van der Waals surface area contributed by atoms with Gasteiger partial charge in [-0.2, -0.15) is 4.57 Å². The van der Waals surface area contributed by atoms with Crippen LogP contribution in [0.15, 0.2) is 97.3 Å². The Morgan fingerprint density at radius 3 is 2.00 bits per heavy atom. The summed E-state index contributed by atoms with van der Waals surface area (Å²) >= 11 is 0. The van der Waals surface area contributed by atoms with Crippen LogP contribution < -0.4 is 4.57 Å². The smallest absolute Gasteiger partial charge is 0.227 e. The maximum atomic E-state index is 12.6. The van der Waals surface area contributed by atoms with Gasteiger partial charge in [0.15, 0.2) is 18.2 Å². The molecule has 3 heteroatoms. The first kappa shape index (κ1) is 16.9. The van der Waals surface area contributed by atoms with E-state index in [2.05, 4.69) is 0 Å². The number of pyridine rings is 1. The van der Waals surface area contributed by atoms with E-state index in [-0.39, 0.29) is 18.1 Å². The van der Waals surface area contributed by atoms with Gasteiger partial charge in [0.1, 0.15) is 0 Å². The number of nitrogens with zero attached hydrogens (tertiary/aromatic N) is 1. The van der Waals surface area contributed by atoms with Crippen LogP contribution in [0.4, 0.5) is 0 Å². The van der Waals surface area contributed by atoms with E-state index in [0.717, 1.165) is 10.8 Å². The summed E-state index contributed by atoms with van der Waals surface area (Å²) < 4.78 is 1.79. The van der Waals surface area contributed by atoms with Gasteiger partial charge in [0.25, 0.3) is 0 Å². The lowest BCUT2D eigenvalue weighted by Gasteiger charge is -2.03. The van der Waals surface area contributed by atoms with Crippen molar-refractivity contribution < 1.29 is 14.2 Å². The molecule has 0 atom stereocenters. The van der Waals surface area contributed by atoms with E-state index in [0.29, 0.717) is 16.7 Å². The van der Waals surface area contributed by atoms with Crippen molar-refractivity contribution in [3.8, 4) is 0 Å². The molecule has 0 spiro atoms. The van der Waals surface area contributed by atoms with Gasteiger partial charge < -0.3 is 0 Å². The summed E-state index contributed by atoms with van der Waals surface area (Å²) in [6, 6.07) is 26.4. The van der Waals surface area contributed by atoms with Gasteiger partial charge in [-0.3, -0.25) is 9.59 Å². The van der Waals surface area contributed by atoms with Gasteiger partial charge in [-0.05, 0) is 16.8 Å². The van der Waals surface area contributed by atoms with E-state index >= 15 is 0 Å². The third-order valence-electron chi connectivity index (χ3n) is 4.59. The fourth-order valence-corrected chi connectivity index (χ4v) is 3.09. The van der Waals surface area contributed by atoms with Gasteiger partial charge in [0.2, 0.25) is 12.3 Å². The van der Waals surface area contributed by atoms with Crippen molar-refractivity contribution in [2.45, 2.75) is 6.54 Å². The Kier molecular flexibility index (Phi) is 4.58. The molecule has 1 heterocycles. The van der Waals surface area contributed by atoms with Crippen LogP contribution >= 0.6 is 0 Å². The number of aromatic nitrogens is 1. The van der Waals surface area contributed by atoms with Gasteiger partial charge in [-0.25, -0.2) is 0 Å². The second-order valence-electron chi connectivity index (χ2n) is 6.44. The summed E-state index contributed by atoms with van der Waals surface area (Å²) in [4.78, 5) is 25.1. The molecule has 0 aliphatic carbocycles. The highest BCUT2D eigenvalue weighted by molar-refractivity contribution is 6.08. The molecule has 0 saturated carbocycles. The molecule has 4 rings (SSSR count). The molecule has 0 amide bonds. The SMILES string of the molecule is O=C(C[n+]1ccc(C(=O)c2ccccc2)cc1)c1ccc2ccccc2c1. The molecule has 0 fully saturated rings. The Morgan fingerprint density at radius 2 is 1.26 bits per heavy atom. The number of carbonyl (C=O) groups excluding carboxylic acids is 2. The lowest BCUT2D eigenvalue weighted by atomic mass is 10.0. The zero-order chi connectivity index (χ0) is 18.6. The molecule has 0 aliphatic rings. The Morgan fingerprint density at radius 1 is 0.630 bits per heavy atom. The first-order chi connectivity index (χ1) is 13.2. The minimum Gasteiger partial charge on any atom is -0.289 e. The van der Waals surface area contributed by atoms with E-state index in [1.165, 1.54) is 0 Å². The highest BCUT2D eigenvalue weighted by atomic mass is 16.1. The first-order valence-corrected chi connectivity index (χ1v) is 8.81. The lowest BCUT2D eigenvalue weighted by Crippen LogP contribution is -2.37. The first-order valence-electron chi connectivity index (χ1n) is 8.81. The molecule has 0 aliphatic heterocycles. The number of benzene rings is 3. The van der Waals surface area contributed by atoms with Crippen LogP contribution in [0.5, 0.6) is 0 Å². The van der Waals surface area contributed by atoms with Crippen LogP contribution in [0, 0.1) is 0 Å². The van der Waals surface area contributed by atoms with Crippen LogP contribution in [0.3, 0.4) is 0 Å². The summed E-state index contributed by atoms with van der Waals surface area (Å²) in [5.41, 5.74) is 1.95. The molecule has 0 unspecified atom stereocenters. The van der Waals surface area contributed by atoms with E-state index in [4.69, 9.17) is 0 Å². The number of ketones is 2. The second kappa shape index (κ2) is 7.34. The van der Waals surface area contributed by atoms with Crippen molar-refractivity contribution in [1.29, 1.82) is 0 Å². The van der Waals surface area contributed by atoms with Gasteiger partial charge in [-0.1, -0.05) is 66.7 Å². The van der Waals surface area contributed by atoms with E-state index in [1.807, 2.05) is 60.7 Å². The fraction of sp³-hybridized carbons (Fsp3) is 0.0417. The van der Waals surface area contributed by atoms with Crippen LogP contribution in [0.2, 0.25) is 0 Å². The van der Waals surface area contributed by atoms with Gasteiger partial charge >= 0.3 is 0 Å². The van der Waals surface area contributed by atoms with Crippen molar-refractivity contribution in [2.75, 3.05) is 0 Å². The summed E-state index contributed by atoms with van der Waals surface area (Å²) in [5, 5.41) is 2.17. The average molecular weight is 352 g/mol. The Hall–Kier alpha value is -3.59. The number of hydrogen-bond acceptors (Lipinski definition) is 2. The monoisotopic (exact) mass is 352 g/mol. The quantitative estimate of drug-likeness (QED) is 0.398. The maximum absolute atomic E-state index is 12.6. The molecule has 0 saturated heterocycles. The zero-order valence-corrected chi connectivity index (χ0v) is 14.7. The molecule has 4 aromatic rings. The minimum atomic E-state index is -0.0244. The Balaban J connectivity index is 1.50. The van der Waals surface area contributed by atoms with Crippen LogP contribution in [-0.4, -0.2) is 11.6 Å². The van der Waals surface area contributed by atoms with Crippen molar-refractivity contribution in [1.82, 2.24) is 0 Å². The molecular formula is C24H18NO2+. The molecule has 130 valence electrons. The average Bonchev–Trinajstić information content (AvgIpc) is 2.74. The highest BCUT2D eigenvalue weighted by Crippen LogP contribution is 2.16. The predicted octanol–water partition coefficient (Wildman–Crippen LogP) is 4.24. The molecular weight excluding hydrogens is 334 g/mol. The van der Waals surface area contributed by atoms with Crippen LogP contribution in [0.1, 0.15) is 26.3 Å². The van der Waals surface area contributed by atoms with Gasteiger partial charge in [0.05, 0.1) is 0 Å². The molecule has 0 radical (unpaired) electrons. The Labute approximate surface area is 157 Å². The number of carbonyl (C=O) groups is 2. The van der Waals surface area contributed by atoms with E-state index < -0.39 is 0 Å². The predicted molar refractivity (Wildman–Crippen MR) is 105 cm³/mol. The molecule has 0 N–H and O–H groups in total. The normalized spacial score (nSPS) is 10.7. The molecule has 1 aromatic heterocycles. The zero-order valence-electron chi connectivity index (χ0n) is 14.7. The van der Waals surface area contributed by atoms with Crippen molar-refractivity contribution in [2.24, 2.45) is 0 Å². The second-order valence-corrected chi connectivity index (χ2v) is 6.44. The standard InChI is InChI=1S/C24H18NO2/c26-23(22-11-10-18-6-4-5-9-21(18)16-22)17-25-14-12-20(13-15-25)24(27)19-7-2-1-3-8-19/h1-16H,17H2/q+1. The minimum absolute atomic E-state index is 0.0244. The van der Waals surface area contributed by atoms with Crippen molar-refractivity contribution in [3.63, 3.8) is 0 Å². The van der Waals surface area contributed by atoms with Gasteiger partial charge in [0, 0.05) is 28.8 Å². The highest BCUT2D eigenvalue weighted by Gasteiger charge is 2.14. The number of rotatable bonds is 5. The number of Topliss-reactive ketones (excluding diaryl/α,β-unsaturated/α-hetero) is 1. The number of fused-ring (bicyclic) bond motifs is 1. The van der Waals surface area contributed by atoms with E-state index in [9.17, 15) is 9.59 Å². The Bertz CT molecular complexity index is 1120. The topological polar surface area (TPSA) is 38.0 Å². The molecule has 27 heavy (non-hydrogen) atoms. The van der Waals surface area contributed by atoms with Crippen LogP contribution in [-0.2, 0) is 6.54 Å². The summed E-state index contributed by atoms with van der Waals surface area (Å²) in [6.45, 7) is 0.234. The number of hydrogen-bond donors (Lipinski definition) is 0. The summed E-state index contributed by atoms with van der Waals surface area (Å²) in [5.74, 6) is 0.0106. The summed E-state index contributed by atoms with van der Waals surface area (Å²) in [7, 11) is 0. The summed E-state index contributed by atoms with van der Waals surface area (Å²) in [6.07, 6.45) is 3.55.